The number of carbonyl (C=O) groups is 2. The van der Waals surface area contributed by atoms with Gasteiger partial charge in [-0.1, -0.05) is 0 Å². The van der Waals surface area contributed by atoms with E-state index in [1.807, 2.05) is 0 Å². The van der Waals surface area contributed by atoms with Crippen LogP contribution in [0.2, 0.25) is 0 Å². The molecule has 1 aromatic carbocycles. The van der Waals surface area contributed by atoms with Gasteiger partial charge in [0.15, 0.2) is 0 Å². The summed E-state index contributed by atoms with van der Waals surface area (Å²) in [5, 5.41) is 24.0. The fraction of sp³-hybridized carbons (Fsp3) is 0. The normalized spacial score (nSPS) is 9.95. The lowest BCUT2D eigenvalue weighted by atomic mass is 10.1. The first-order valence-electron chi connectivity index (χ1n) is 4.24. The SMILES string of the molecule is O=C(O)c1cc(C(=O)O)cc(S(=O)(=O)O)c1.O=[C]O. The molecule has 0 saturated heterocycles. The number of rotatable bonds is 3. The highest BCUT2D eigenvalue weighted by molar-refractivity contribution is 7.85. The molecule has 10 heteroatoms. The molecule has 0 unspecified atom stereocenters. The number of hydrogen-bond acceptors (Lipinski definition) is 5. The van der Waals surface area contributed by atoms with E-state index >= 15 is 0 Å². The van der Waals surface area contributed by atoms with Gasteiger partial charge in [-0.05, 0) is 18.2 Å². The molecule has 1 aromatic rings. The predicted molar refractivity (Wildman–Crippen MR) is 58.5 cm³/mol. The molecule has 0 aliphatic heterocycles. The minimum atomic E-state index is -4.64. The number of carboxylic acid groups (broad SMARTS) is 2. The predicted octanol–water partition coefficient (Wildman–Crippen LogP) is -0.0587. The molecule has 0 saturated carbocycles. The van der Waals surface area contributed by atoms with Crippen molar-refractivity contribution in [1.82, 2.24) is 0 Å². The number of benzene rings is 1. The second-order valence-corrected chi connectivity index (χ2v) is 4.34. The number of aromatic carboxylic acids is 2. The van der Waals surface area contributed by atoms with Gasteiger partial charge < -0.3 is 15.3 Å². The van der Waals surface area contributed by atoms with Crippen LogP contribution in [0.15, 0.2) is 23.1 Å². The Labute approximate surface area is 106 Å². The van der Waals surface area contributed by atoms with Crippen molar-refractivity contribution in [2.45, 2.75) is 4.90 Å². The quantitative estimate of drug-likeness (QED) is 0.557. The average Bonchev–Trinajstić information content (AvgIpc) is 2.28. The van der Waals surface area contributed by atoms with Crippen LogP contribution in [0.1, 0.15) is 20.7 Å². The minimum absolute atomic E-state index is 0.500. The van der Waals surface area contributed by atoms with Crippen molar-refractivity contribution in [2.75, 3.05) is 0 Å². The zero-order valence-electron chi connectivity index (χ0n) is 8.97. The molecule has 0 aromatic heterocycles. The molecular weight excluding hydrogens is 284 g/mol. The van der Waals surface area contributed by atoms with Crippen molar-refractivity contribution < 1.29 is 42.7 Å². The molecule has 1 radical (unpaired) electrons. The van der Waals surface area contributed by atoms with Gasteiger partial charge in [0.05, 0.1) is 16.0 Å². The van der Waals surface area contributed by atoms with Crippen molar-refractivity contribution in [2.24, 2.45) is 0 Å². The summed E-state index contributed by atoms with van der Waals surface area (Å²) in [6.45, 7) is 0.500. The number of carboxylic acids is 2. The monoisotopic (exact) mass is 291 g/mol. The Morgan fingerprint density at radius 2 is 1.32 bits per heavy atom. The summed E-state index contributed by atoms with van der Waals surface area (Å²) in [5.41, 5.74) is -1.07. The summed E-state index contributed by atoms with van der Waals surface area (Å²) in [6, 6.07) is 2.13. The standard InChI is InChI=1S/C8H6O7S.CHO2/c9-7(10)4-1-5(8(11)12)3-6(2-4)16(13,14)15;2-1-3/h1-3H,(H,9,10)(H,11,12)(H,13,14,15);(H,2,3). The highest BCUT2D eigenvalue weighted by Crippen LogP contribution is 2.15. The third-order valence-electron chi connectivity index (χ3n) is 1.70. The van der Waals surface area contributed by atoms with Crippen LogP contribution in [-0.2, 0) is 14.9 Å². The summed E-state index contributed by atoms with van der Waals surface area (Å²) < 4.78 is 30.2. The van der Waals surface area contributed by atoms with Crippen molar-refractivity contribution in [1.29, 1.82) is 0 Å². The van der Waals surface area contributed by atoms with E-state index in [1.165, 1.54) is 0 Å². The molecule has 0 fully saturated rings. The zero-order valence-corrected chi connectivity index (χ0v) is 9.79. The van der Waals surface area contributed by atoms with E-state index in [9.17, 15) is 18.0 Å². The molecule has 1 rings (SSSR count). The van der Waals surface area contributed by atoms with Crippen molar-refractivity contribution in [3.8, 4) is 0 Å². The first kappa shape index (κ1) is 16.5. The maximum Gasteiger partial charge on any atom is 0.414 e. The van der Waals surface area contributed by atoms with Gasteiger partial charge in [0, 0.05) is 0 Å². The van der Waals surface area contributed by atoms with Crippen molar-refractivity contribution >= 4 is 28.5 Å². The highest BCUT2D eigenvalue weighted by Gasteiger charge is 2.17. The lowest BCUT2D eigenvalue weighted by Crippen LogP contribution is -2.07. The van der Waals surface area contributed by atoms with Crippen LogP contribution >= 0.6 is 0 Å². The molecule has 4 N–H and O–H groups in total. The van der Waals surface area contributed by atoms with Gasteiger partial charge in [0.2, 0.25) is 0 Å². The second-order valence-electron chi connectivity index (χ2n) is 2.92. The molecule has 0 heterocycles. The van der Waals surface area contributed by atoms with Crippen LogP contribution in [0, 0.1) is 0 Å². The van der Waals surface area contributed by atoms with E-state index in [0.717, 1.165) is 6.07 Å². The third kappa shape index (κ3) is 5.14. The Bertz CT molecular complexity index is 570. The fourth-order valence-corrected chi connectivity index (χ4v) is 1.55. The lowest BCUT2D eigenvalue weighted by Gasteiger charge is -2.02. The van der Waals surface area contributed by atoms with E-state index in [0.29, 0.717) is 18.6 Å². The first-order chi connectivity index (χ1) is 8.63. The summed E-state index contributed by atoms with van der Waals surface area (Å²) in [7, 11) is -4.64. The molecule has 19 heavy (non-hydrogen) atoms. The molecule has 0 atom stereocenters. The van der Waals surface area contributed by atoms with Crippen molar-refractivity contribution in [3.63, 3.8) is 0 Å². The van der Waals surface area contributed by atoms with Crippen LogP contribution in [0.5, 0.6) is 0 Å². The first-order valence-corrected chi connectivity index (χ1v) is 5.68. The summed E-state index contributed by atoms with van der Waals surface area (Å²) in [4.78, 5) is 28.6. The third-order valence-corrected chi connectivity index (χ3v) is 2.53. The minimum Gasteiger partial charge on any atom is -0.478 e. The summed E-state index contributed by atoms with van der Waals surface area (Å²) >= 11 is 0. The molecule has 0 bridgehead atoms. The van der Waals surface area contributed by atoms with Gasteiger partial charge in [0.1, 0.15) is 0 Å². The summed E-state index contributed by atoms with van der Waals surface area (Å²) in [5.74, 6) is -2.99. The van der Waals surface area contributed by atoms with Gasteiger partial charge >= 0.3 is 18.4 Å². The Morgan fingerprint density at radius 1 is 1.00 bits per heavy atom. The van der Waals surface area contributed by atoms with Gasteiger partial charge in [0.25, 0.3) is 10.1 Å². The van der Waals surface area contributed by atoms with E-state index in [-0.39, 0.29) is 0 Å². The van der Waals surface area contributed by atoms with Crippen LogP contribution in [-0.4, -0.2) is 46.7 Å². The number of aliphatic hydroxyl groups excluding tert-OH is 1. The maximum atomic E-state index is 10.8. The van der Waals surface area contributed by atoms with E-state index < -0.39 is 38.1 Å². The van der Waals surface area contributed by atoms with Crippen LogP contribution in [0.3, 0.4) is 0 Å². The molecule has 0 aliphatic carbocycles. The molecule has 9 nitrogen and oxygen atoms in total. The molecule has 0 spiro atoms. The Morgan fingerprint density at radius 3 is 1.53 bits per heavy atom. The highest BCUT2D eigenvalue weighted by atomic mass is 32.2. The topological polar surface area (TPSA) is 166 Å². The zero-order chi connectivity index (χ0) is 15.2. The lowest BCUT2D eigenvalue weighted by molar-refractivity contribution is 0.0696. The molecular formula is C9H7O9S. The van der Waals surface area contributed by atoms with Crippen LogP contribution in [0.25, 0.3) is 0 Å². The van der Waals surface area contributed by atoms with Gasteiger partial charge in [-0.3, -0.25) is 4.55 Å². The molecule has 0 aliphatic rings. The van der Waals surface area contributed by atoms with Crippen molar-refractivity contribution in [3.05, 3.63) is 29.3 Å². The maximum absolute atomic E-state index is 10.8. The largest absolute Gasteiger partial charge is 0.478 e. The Kier molecular flexibility index (Phi) is 5.63. The van der Waals surface area contributed by atoms with Crippen LogP contribution < -0.4 is 0 Å². The second kappa shape index (κ2) is 6.47. The van der Waals surface area contributed by atoms with Gasteiger partial charge in [-0.2, -0.15) is 8.42 Å². The van der Waals surface area contributed by atoms with Crippen LogP contribution in [0.4, 0.5) is 0 Å². The average molecular weight is 291 g/mol. The fourth-order valence-electron chi connectivity index (χ4n) is 0.995. The van der Waals surface area contributed by atoms with Gasteiger partial charge in [-0.15, -0.1) is 0 Å². The van der Waals surface area contributed by atoms with Gasteiger partial charge in [-0.25, -0.2) is 14.4 Å². The smallest absolute Gasteiger partial charge is 0.414 e. The Hall–Kier alpha value is -2.46. The van der Waals surface area contributed by atoms with E-state index in [2.05, 4.69) is 0 Å². The Balaban J connectivity index is 0.000000982. The number of hydrogen-bond donors (Lipinski definition) is 4. The molecule has 103 valence electrons. The van der Waals surface area contributed by atoms with E-state index in [4.69, 9.17) is 24.7 Å². The summed E-state index contributed by atoms with van der Waals surface area (Å²) in [6.07, 6.45) is 0. The molecule has 0 amide bonds. The van der Waals surface area contributed by atoms with E-state index in [1.54, 1.807) is 0 Å².